The zero-order valence-electron chi connectivity index (χ0n) is 17.0. The maximum absolute atomic E-state index is 13.3. The molecule has 0 fully saturated rings. The van der Waals surface area contributed by atoms with Crippen molar-refractivity contribution in [1.82, 2.24) is 0 Å². The first kappa shape index (κ1) is 20.7. The van der Waals surface area contributed by atoms with E-state index < -0.39 is 28.5 Å². The number of halogens is 1. The molecule has 3 heterocycles. The molecule has 162 valence electrons. The van der Waals surface area contributed by atoms with Crippen molar-refractivity contribution in [2.75, 3.05) is 0 Å². The summed E-state index contributed by atoms with van der Waals surface area (Å²) in [4.78, 5) is 39.4. The number of aliphatic hydroxyl groups is 1. The highest BCUT2D eigenvalue weighted by molar-refractivity contribution is 9.11. The number of ether oxygens (including phenoxy) is 2. The summed E-state index contributed by atoms with van der Waals surface area (Å²) in [6.07, 6.45) is 2.77. The van der Waals surface area contributed by atoms with Gasteiger partial charge in [-0.05, 0) is 48.8 Å². The number of hydrogen-bond acceptors (Lipinski definition) is 8. The molecule has 2 aromatic rings. The second kappa shape index (κ2) is 6.66. The van der Waals surface area contributed by atoms with Crippen molar-refractivity contribution in [2.24, 2.45) is 0 Å². The number of carbonyl (C=O) groups is 3. The first-order valence-corrected chi connectivity index (χ1v) is 11.1. The first-order chi connectivity index (χ1) is 15.1. The second-order valence-electron chi connectivity index (χ2n) is 7.84. The SMILES string of the molecule is CC(=O)C1=C(O)C=C2Oc3c4c(c(C)c(O)c3[C@@]2(C)C1=O)O/C(=C\c1ccc(Br)s1)C4=O. The molecule has 5 rings (SSSR count). The molecule has 0 spiro atoms. The Balaban J connectivity index is 1.72. The molecule has 1 aliphatic carbocycles. The summed E-state index contributed by atoms with van der Waals surface area (Å²) in [5.41, 5.74) is -1.52. The summed E-state index contributed by atoms with van der Waals surface area (Å²) in [6, 6.07) is 3.67. The van der Waals surface area contributed by atoms with Gasteiger partial charge in [0.25, 0.3) is 0 Å². The van der Waals surface area contributed by atoms with Crippen LogP contribution in [-0.4, -0.2) is 27.6 Å². The molecule has 0 amide bonds. The van der Waals surface area contributed by atoms with E-state index in [0.29, 0.717) is 0 Å². The van der Waals surface area contributed by atoms with Gasteiger partial charge in [0.05, 0.1) is 9.35 Å². The van der Waals surface area contributed by atoms with Crippen molar-refractivity contribution in [2.45, 2.75) is 26.2 Å². The number of hydrogen-bond donors (Lipinski definition) is 2. The van der Waals surface area contributed by atoms with Crippen LogP contribution in [0.4, 0.5) is 0 Å². The van der Waals surface area contributed by atoms with Crippen LogP contribution in [0.15, 0.2) is 44.8 Å². The van der Waals surface area contributed by atoms with E-state index >= 15 is 0 Å². The van der Waals surface area contributed by atoms with E-state index in [0.717, 1.165) is 8.66 Å². The standard InChI is InChI=1S/C23H15BrO7S/c1-8-18(27)17-21(31-13-7-11(26)15(9(2)25)22(29)23(13,17)3)16-19(28)12(30-20(8)16)6-10-4-5-14(24)32-10/h4-7,26-27H,1-3H3/b12-6-/t23-/m0/s1. The van der Waals surface area contributed by atoms with Crippen molar-refractivity contribution in [3.8, 4) is 17.2 Å². The van der Waals surface area contributed by atoms with Crippen LogP contribution in [0.2, 0.25) is 0 Å². The van der Waals surface area contributed by atoms with Crippen LogP contribution in [0.1, 0.15) is 40.2 Å². The molecular weight excluding hydrogens is 500 g/mol. The third kappa shape index (κ3) is 2.55. The normalized spacial score (nSPS) is 22.4. The number of aliphatic hydroxyl groups excluding tert-OH is 1. The third-order valence-corrected chi connectivity index (χ3v) is 7.48. The lowest BCUT2D eigenvalue weighted by Crippen LogP contribution is -2.38. The lowest BCUT2D eigenvalue weighted by atomic mass is 9.71. The number of phenolic OH excluding ortho intramolecular Hbond substituents is 1. The van der Waals surface area contributed by atoms with Gasteiger partial charge >= 0.3 is 0 Å². The maximum Gasteiger partial charge on any atom is 0.235 e. The minimum absolute atomic E-state index is 0.0106. The average molecular weight is 515 g/mol. The highest BCUT2D eigenvalue weighted by Crippen LogP contribution is 2.59. The fourth-order valence-electron chi connectivity index (χ4n) is 4.26. The van der Waals surface area contributed by atoms with Crippen LogP contribution in [0.25, 0.3) is 6.08 Å². The Labute approximate surface area is 194 Å². The number of ketones is 3. The molecule has 2 N–H and O–H groups in total. The zero-order valence-corrected chi connectivity index (χ0v) is 19.4. The molecule has 0 radical (unpaired) electrons. The van der Waals surface area contributed by atoms with E-state index in [-0.39, 0.29) is 51.0 Å². The monoisotopic (exact) mass is 514 g/mol. The number of benzene rings is 1. The molecule has 9 heteroatoms. The lowest BCUT2D eigenvalue weighted by Gasteiger charge is -2.27. The van der Waals surface area contributed by atoms with E-state index in [4.69, 9.17) is 9.47 Å². The summed E-state index contributed by atoms with van der Waals surface area (Å²) in [5.74, 6) is -2.34. The summed E-state index contributed by atoms with van der Waals surface area (Å²) < 4.78 is 12.6. The van der Waals surface area contributed by atoms with E-state index in [2.05, 4.69) is 15.9 Å². The largest absolute Gasteiger partial charge is 0.507 e. The van der Waals surface area contributed by atoms with Gasteiger partial charge in [-0.1, -0.05) is 0 Å². The molecule has 7 nitrogen and oxygen atoms in total. The molecule has 2 aliphatic heterocycles. The van der Waals surface area contributed by atoms with Gasteiger partial charge in [-0.25, -0.2) is 0 Å². The van der Waals surface area contributed by atoms with Crippen LogP contribution in [0.5, 0.6) is 17.2 Å². The van der Waals surface area contributed by atoms with E-state index in [1.807, 2.05) is 12.1 Å². The van der Waals surface area contributed by atoms with E-state index in [1.54, 1.807) is 13.0 Å². The summed E-state index contributed by atoms with van der Waals surface area (Å²) >= 11 is 4.79. The molecule has 1 aromatic carbocycles. The Morgan fingerprint density at radius 2 is 1.91 bits per heavy atom. The zero-order chi connectivity index (χ0) is 23.1. The molecule has 0 saturated heterocycles. The first-order valence-electron chi connectivity index (χ1n) is 9.54. The van der Waals surface area contributed by atoms with Gasteiger partial charge in [0.15, 0.2) is 23.1 Å². The molecule has 0 saturated carbocycles. The fraction of sp³-hybridized carbons (Fsp3) is 0.174. The smallest absolute Gasteiger partial charge is 0.235 e. The Morgan fingerprint density at radius 3 is 2.53 bits per heavy atom. The molecule has 1 aromatic heterocycles. The van der Waals surface area contributed by atoms with Gasteiger partial charge in [0.2, 0.25) is 5.78 Å². The van der Waals surface area contributed by atoms with Crippen LogP contribution in [0.3, 0.4) is 0 Å². The van der Waals surface area contributed by atoms with Gasteiger partial charge in [0, 0.05) is 22.6 Å². The lowest BCUT2D eigenvalue weighted by molar-refractivity contribution is -0.123. The number of Topliss-reactive ketones (excluding diaryl/α,β-unsaturated/α-hetero) is 3. The number of rotatable bonds is 2. The Kier molecular flexibility index (Phi) is 4.31. The van der Waals surface area contributed by atoms with Crippen LogP contribution < -0.4 is 9.47 Å². The Morgan fingerprint density at radius 1 is 1.19 bits per heavy atom. The Bertz CT molecular complexity index is 1390. The van der Waals surface area contributed by atoms with Crippen molar-refractivity contribution in [3.05, 3.63) is 66.4 Å². The molecule has 0 unspecified atom stereocenters. The Hall–Kier alpha value is -3.17. The number of aromatic hydroxyl groups is 1. The number of allylic oxidation sites excluding steroid dienone is 4. The maximum atomic E-state index is 13.3. The predicted molar refractivity (Wildman–Crippen MR) is 119 cm³/mol. The number of carbonyl (C=O) groups excluding carboxylic acids is 3. The van der Waals surface area contributed by atoms with Crippen molar-refractivity contribution in [3.63, 3.8) is 0 Å². The molecule has 1 atom stereocenters. The number of thiophene rings is 1. The van der Waals surface area contributed by atoms with Gasteiger partial charge < -0.3 is 19.7 Å². The molecule has 0 bridgehead atoms. The van der Waals surface area contributed by atoms with Gasteiger partial charge in [-0.3, -0.25) is 14.4 Å². The fourth-order valence-corrected chi connectivity index (χ4v) is 5.62. The van der Waals surface area contributed by atoms with Crippen LogP contribution in [-0.2, 0) is 15.0 Å². The van der Waals surface area contributed by atoms with Crippen molar-refractivity contribution < 1.29 is 34.1 Å². The van der Waals surface area contributed by atoms with Crippen molar-refractivity contribution in [1.29, 1.82) is 0 Å². The average Bonchev–Trinajstić information content (AvgIpc) is 3.35. The quantitative estimate of drug-likeness (QED) is 0.442. The topological polar surface area (TPSA) is 110 Å². The van der Waals surface area contributed by atoms with Crippen molar-refractivity contribution >= 4 is 50.7 Å². The summed E-state index contributed by atoms with van der Waals surface area (Å²) in [6.45, 7) is 4.24. The summed E-state index contributed by atoms with van der Waals surface area (Å²) in [5, 5.41) is 21.3. The summed E-state index contributed by atoms with van der Waals surface area (Å²) in [7, 11) is 0. The minimum Gasteiger partial charge on any atom is -0.507 e. The number of fused-ring (bicyclic) bond motifs is 5. The predicted octanol–water partition coefficient (Wildman–Crippen LogP) is 4.66. The third-order valence-electron chi connectivity index (χ3n) is 5.91. The van der Waals surface area contributed by atoms with Crippen LogP contribution in [0, 0.1) is 6.92 Å². The van der Waals surface area contributed by atoms with E-state index in [9.17, 15) is 24.6 Å². The van der Waals surface area contributed by atoms with Crippen LogP contribution >= 0.6 is 27.3 Å². The minimum atomic E-state index is -1.57. The molecular formula is C23H15BrO7S. The highest BCUT2D eigenvalue weighted by Gasteiger charge is 2.56. The van der Waals surface area contributed by atoms with Gasteiger partial charge in [0.1, 0.15) is 39.6 Å². The highest BCUT2D eigenvalue weighted by atomic mass is 79.9. The van der Waals surface area contributed by atoms with Gasteiger partial charge in [-0.15, -0.1) is 11.3 Å². The second-order valence-corrected chi connectivity index (χ2v) is 10.3. The number of phenols is 1. The molecule has 32 heavy (non-hydrogen) atoms. The van der Waals surface area contributed by atoms with Gasteiger partial charge in [-0.2, -0.15) is 0 Å². The molecule has 3 aliphatic rings. The van der Waals surface area contributed by atoms with E-state index in [1.165, 1.54) is 31.3 Å².